The van der Waals surface area contributed by atoms with Gasteiger partial charge in [0.2, 0.25) is 0 Å². The summed E-state index contributed by atoms with van der Waals surface area (Å²) in [4.78, 5) is 4.07. The van der Waals surface area contributed by atoms with Crippen LogP contribution < -0.4 is 5.32 Å². The van der Waals surface area contributed by atoms with Crippen LogP contribution >= 0.6 is 0 Å². The molecule has 8 heteroatoms. The van der Waals surface area contributed by atoms with Gasteiger partial charge in [-0.25, -0.2) is 13.4 Å². The van der Waals surface area contributed by atoms with E-state index in [1.807, 2.05) is 6.20 Å². The number of hydrogen-bond acceptors (Lipinski definition) is 6. The van der Waals surface area contributed by atoms with Crippen LogP contribution in [0.1, 0.15) is 5.82 Å². The van der Waals surface area contributed by atoms with Crippen molar-refractivity contribution in [1.82, 2.24) is 24.9 Å². The van der Waals surface area contributed by atoms with Gasteiger partial charge in [-0.1, -0.05) is 0 Å². The standard InChI is InChI=1S/C10H13N5O2S/c16-18(17)5-3-11-8(7-18)6-9-13-14-10-12-2-1-4-15(9)10/h1-2,4,8,11H,3,5-7H2. The summed E-state index contributed by atoms with van der Waals surface area (Å²) >= 11 is 0. The highest BCUT2D eigenvalue weighted by molar-refractivity contribution is 7.91. The van der Waals surface area contributed by atoms with E-state index in [4.69, 9.17) is 0 Å². The Morgan fingerprint density at radius 2 is 2.33 bits per heavy atom. The Balaban J connectivity index is 1.84. The minimum atomic E-state index is -2.92. The van der Waals surface area contributed by atoms with Crippen molar-refractivity contribution in [1.29, 1.82) is 0 Å². The molecule has 1 atom stereocenters. The van der Waals surface area contributed by atoms with Gasteiger partial charge in [-0.05, 0) is 6.07 Å². The zero-order valence-electron chi connectivity index (χ0n) is 9.65. The molecule has 2 aromatic rings. The van der Waals surface area contributed by atoms with E-state index in [1.165, 1.54) is 0 Å². The van der Waals surface area contributed by atoms with Crippen LogP contribution in [0.2, 0.25) is 0 Å². The maximum absolute atomic E-state index is 11.6. The monoisotopic (exact) mass is 267 g/mol. The SMILES string of the molecule is O=S1(=O)CCNC(Cc2nnc3ncccn23)C1. The van der Waals surface area contributed by atoms with Gasteiger partial charge in [0.25, 0.3) is 5.78 Å². The predicted molar refractivity (Wildman–Crippen MR) is 64.9 cm³/mol. The second-order valence-corrected chi connectivity index (χ2v) is 6.60. The summed E-state index contributed by atoms with van der Waals surface area (Å²) in [7, 11) is -2.92. The van der Waals surface area contributed by atoms with Gasteiger partial charge in [0.1, 0.15) is 5.82 Å². The molecule has 96 valence electrons. The third-order valence-electron chi connectivity index (χ3n) is 2.99. The van der Waals surface area contributed by atoms with Gasteiger partial charge in [-0.3, -0.25) is 4.40 Å². The maximum atomic E-state index is 11.6. The van der Waals surface area contributed by atoms with Crippen LogP contribution in [0.4, 0.5) is 0 Å². The molecule has 0 spiro atoms. The summed E-state index contributed by atoms with van der Waals surface area (Å²) in [6, 6.07) is 1.70. The minimum Gasteiger partial charge on any atom is -0.312 e. The molecular weight excluding hydrogens is 254 g/mol. The van der Waals surface area contributed by atoms with E-state index in [0.717, 1.165) is 5.82 Å². The first-order chi connectivity index (χ1) is 8.64. The number of fused-ring (bicyclic) bond motifs is 1. The molecule has 2 aromatic heterocycles. The summed E-state index contributed by atoms with van der Waals surface area (Å²) in [6.45, 7) is 0.502. The Labute approximate surface area is 104 Å². The Morgan fingerprint density at radius 1 is 1.44 bits per heavy atom. The quantitative estimate of drug-likeness (QED) is 0.755. The fraction of sp³-hybridized carbons (Fsp3) is 0.500. The lowest BCUT2D eigenvalue weighted by molar-refractivity contribution is 0.507. The van der Waals surface area contributed by atoms with E-state index in [1.54, 1.807) is 16.7 Å². The molecule has 3 heterocycles. The lowest BCUT2D eigenvalue weighted by Crippen LogP contribution is -2.46. The van der Waals surface area contributed by atoms with Gasteiger partial charge in [0.05, 0.1) is 11.5 Å². The van der Waals surface area contributed by atoms with Crippen molar-refractivity contribution in [3.05, 3.63) is 24.3 Å². The molecule has 0 aromatic carbocycles. The van der Waals surface area contributed by atoms with Crippen LogP contribution in [-0.4, -0.2) is 52.1 Å². The highest BCUT2D eigenvalue weighted by Crippen LogP contribution is 2.08. The topological polar surface area (TPSA) is 89.2 Å². The van der Waals surface area contributed by atoms with E-state index in [0.29, 0.717) is 18.7 Å². The molecule has 18 heavy (non-hydrogen) atoms. The van der Waals surface area contributed by atoms with E-state index < -0.39 is 9.84 Å². The average Bonchev–Trinajstić information content (AvgIpc) is 2.72. The number of aromatic nitrogens is 4. The van der Waals surface area contributed by atoms with Crippen molar-refractivity contribution in [3.63, 3.8) is 0 Å². The second-order valence-electron chi connectivity index (χ2n) is 4.38. The van der Waals surface area contributed by atoms with E-state index in [-0.39, 0.29) is 17.5 Å². The number of sulfone groups is 1. The van der Waals surface area contributed by atoms with Crippen molar-refractivity contribution < 1.29 is 8.42 Å². The van der Waals surface area contributed by atoms with E-state index in [2.05, 4.69) is 20.5 Å². The molecule has 1 saturated heterocycles. The highest BCUT2D eigenvalue weighted by atomic mass is 32.2. The van der Waals surface area contributed by atoms with Gasteiger partial charge in [-0.15, -0.1) is 10.2 Å². The molecule has 0 aliphatic carbocycles. The maximum Gasteiger partial charge on any atom is 0.254 e. The largest absolute Gasteiger partial charge is 0.312 e. The normalized spacial score (nSPS) is 23.2. The third-order valence-corrected chi connectivity index (χ3v) is 4.73. The first-order valence-corrected chi connectivity index (χ1v) is 7.55. The minimum absolute atomic E-state index is 0.101. The second kappa shape index (κ2) is 4.29. The van der Waals surface area contributed by atoms with Crippen LogP contribution in [0.25, 0.3) is 5.78 Å². The Morgan fingerprint density at radius 3 is 3.17 bits per heavy atom. The molecule has 0 saturated carbocycles. The molecular formula is C10H13N5O2S. The van der Waals surface area contributed by atoms with Gasteiger partial charge in [-0.2, -0.15) is 0 Å². The Kier molecular flexibility index (Phi) is 2.75. The smallest absolute Gasteiger partial charge is 0.254 e. The first kappa shape index (κ1) is 11.5. The molecule has 1 fully saturated rings. The molecule has 0 bridgehead atoms. The number of nitrogens with zero attached hydrogens (tertiary/aromatic N) is 4. The molecule has 1 unspecified atom stereocenters. The molecule has 3 rings (SSSR count). The van der Waals surface area contributed by atoms with Crippen molar-refractivity contribution in [2.24, 2.45) is 0 Å². The molecule has 7 nitrogen and oxygen atoms in total. The van der Waals surface area contributed by atoms with Crippen molar-refractivity contribution in [2.75, 3.05) is 18.1 Å². The fourth-order valence-electron chi connectivity index (χ4n) is 2.15. The average molecular weight is 267 g/mol. The molecule has 1 aliphatic heterocycles. The van der Waals surface area contributed by atoms with E-state index in [9.17, 15) is 8.42 Å². The lowest BCUT2D eigenvalue weighted by atomic mass is 10.2. The summed E-state index contributed by atoms with van der Waals surface area (Å²) in [5.41, 5.74) is 0. The Hall–Kier alpha value is -1.54. The van der Waals surface area contributed by atoms with Gasteiger partial charge in [0, 0.05) is 31.4 Å². The Bertz CT molecular complexity index is 666. The van der Waals surface area contributed by atoms with Crippen molar-refractivity contribution in [3.8, 4) is 0 Å². The van der Waals surface area contributed by atoms with E-state index >= 15 is 0 Å². The van der Waals surface area contributed by atoms with Crippen LogP contribution in [-0.2, 0) is 16.3 Å². The number of rotatable bonds is 2. The molecule has 0 amide bonds. The summed E-state index contributed by atoms with van der Waals surface area (Å²) < 4.78 is 24.9. The van der Waals surface area contributed by atoms with Crippen LogP contribution in [0.15, 0.2) is 18.5 Å². The van der Waals surface area contributed by atoms with Gasteiger partial charge in [0.15, 0.2) is 9.84 Å². The zero-order valence-corrected chi connectivity index (χ0v) is 10.5. The molecule has 1 N–H and O–H groups in total. The van der Waals surface area contributed by atoms with Crippen LogP contribution in [0.3, 0.4) is 0 Å². The van der Waals surface area contributed by atoms with Crippen molar-refractivity contribution in [2.45, 2.75) is 12.5 Å². The summed E-state index contributed by atoms with van der Waals surface area (Å²) in [6.07, 6.45) is 4.01. The molecule has 0 radical (unpaired) electrons. The van der Waals surface area contributed by atoms with Crippen molar-refractivity contribution >= 4 is 15.6 Å². The van der Waals surface area contributed by atoms with Crippen LogP contribution in [0, 0.1) is 0 Å². The zero-order chi connectivity index (χ0) is 12.6. The molecule has 1 aliphatic rings. The first-order valence-electron chi connectivity index (χ1n) is 5.72. The highest BCUT2D eigenvalue weighted by Gasteiger charge is 2.25. The summed E-state index contributed by atoms with van der Waals surface area (Å²) in [5, 5.41) is 11.2. The lowest BCUT2D eigenvalue weighted by Gasteiger charge is -2.22. The fourth-order valence-corrected chi connectivity index (χ4v) is 3.59. The number of nitrogens with one attached hydrogen (secondary N) is 1. The van der Waals surface area contributed by atoms with Gasteiger partial charge < -0.3 is 5.32 Å². The summed E-state index contributed by atoms with van der Waals surface area (Å²) in [5.74, 6) is 1.63. The number of hydrogen-bond donors (Lipinski definition) is 1. The third kappa shape index (κ3) is 2.21. The van der Waals surface area contributed by atoms with Gasteiger partial charge >= 0.3 is 0 Å². The van der Waals surface area contributed by atoms with Crippen LogP contribution in [0.5, 0.6) is 0 Å². The predicted octanol–water partition coefficient (Wildman–Crippen LogP) is -0.947.